The zero-order valence-corrected chi connectivity index (χ0v) is 17.7. The van der Waals surface area contributed by atoms with Gasteiger partial charge in [0.2, 0.25) is 11.8 Å². The average Bonchev–Trinajstić information content (AvgIpc) is 2.65. The lowest BCUT2D eigenvalue weighted by Crippen LogP contribution is -2.53. The Kier molecular flexibility index (Phi) is 7.97. The lowest BCUT2D eigenvalue weighted by Gasteiger charge is -2.35. The Bertz CT molecular complexity index is 699. The van der Waals surface area contributed by atoms with E-state index in [1.54, 1.807) is 18.7 Å². The van der Waals surface area contributed by atoms with Gasteiger partial charge in [-0.25, -0.2) is 0 Å². The smallest absolute Gasteiger partial charge is 0.344 e. The first-order valence-corrected chi connectivity index (χ1v) is 10.3. The highest BCUT2D eigenvalue weighted by Gasteiger charge is 2.38. The second-order valence-electron chi connectivity index (χ2n) is 8.09. The summed E-state index contributed by atoms with van der Waals surface area (Å²) in [6, 6.07) is 6.85. The highest BCUT2D eigenvalue weighted by Crippen LogP contribution is 2.30. The average molecular weight is 433 g/mol. The predicted octanol–water partition coefficient (Wildman–Crippen LogP) is 4.78. The van der Waals surface area contributed by atoms with E-state index in [0.29, 0.717) is 24.0 Å². The monoisotopic (exact) mass is 432 g/mol. The molecule has 162 valence electrons. The maximum Gasteiger partial charge on any atom is 0.392 e. The largest absolute Gasteiger partial charge is 0.392 e. The molecule has 1 saturated heterocycles. The first kappa shape index (κ1) is 23.5. The third kappa shape index (κ3) is 6.63. The number of benzene rings is 1. The van der Waals surface area contributed by atoms with Crippen LogP contribution in [0.5, 0.6) is 0 Å². The number of piperidine rings is 1. The summed E-state index contributed by atoms with van der Waals surface area (Å²) < 4.78 is 38.1. The van der Waals surface area contributed by atoms with E-state index in [2.05, 4.69) is 5.32 Å². The highest BCUT2D eigenvalue weighted by molar-refractivity contribution is 6.30. The molecule has 1 aliphatic rings. The summed E-state index contributed by atoms with van der Waals surface area (Å²) in [4.78, 5) is 26.7. The van der Waals surface area contributed by atoms with Crippen LogP contribution in [0.4, 0.5) is 13.2 Å². The summed E-state index contributed by atoms with van der Waals surface area (Å²) in [6.07, 6.45) is -3.54. The number of alkyl halides is 3. The van der Waals surface area contributed by atoms with Crippen LogP contribution in [0, 0.1) is 11.8 Å². The molecule has 1 N–H and O–H groups in total. The van der Waals surface area contributed by atoms with Crippen LogP contribution in [-0.2, 0) is 9.59 Å². The van der Waals surface area contributed by atoms with Crippen molar-refractivity contribution in [2.75, 3.05) is 13.1 Å². The molecule has 2 unspecified atom stereocenters. The van der Waals surface area contributed by atoms with Crippen LogP contribution in [0.1, 0.15) is 51.5 Å². The van der Waals surface area contributed by atoms with Crippen molar-refractivity contribution in [1.29, 1.82) is 0 Å². The summed E-state index contributed by atoms with van der Waals surface area (Å²) in [6.45, 7) is 5.61. The third-order valence-electron chi connectivity index (χ3n) is 5.45. The molecule has 2 atom stereocenters. The SMILES string of the molecule is CC(C)C(NC(=O)CC(C)C(F)(F)F)C(=O)N1CCC(c2ccc(Cl)cc2)CC1. The Balaban J connectivity index is 1.94. The van der Waals surface area contributed by atoms with Gasteiger partial charge in [0.05, 0.1) is 5.92 Å². The molecule has 0 spiro atoms. The topological polar surface area (TPSA) is 49.4 Å². The fourth-order valence-corrected chi connectivity index (χ4v) is 3.63. The van der Waals surface area contributed by atoms with Gasteiger partial charge in [-0.3, -0.25) is 9.59 Å². The molecule has 8 heteroatoms. The van der Waals surface area contributed by atoms with E-state index in [-0.39, 0.29) is 11.8 Å². The van der Waals surface area contributed by atoms with Gasteiger partial charge in [-0.05, 0) is 42.4 Å². The van der Waals surface area contributed by atoms with Gasteiger partial charge in [-0.1, -0.05) is 44.5 Å². The van der Waals surface area contributed by atoms with Crippen molar-refractivity contribution >= 4 is 23.4 Å². The molecular formula is C21H28ClF3N2O2. The quantitative estimate of drug-likeness (QED) is 0.703. The predicted molar refractivity (Wildman–Crippen MR) is 107 cm³/mol. The first-order valence-electron chi connectivity index (χ1n) is 9.89. The van der Waals surface area contributed by atoms with Crippen molar-refractivity contribution in [1.82, 2.24) is 10.2 Å². The first-order chi connectivity index (χ1) is 13.5. The Morgan fingerprint density at radius 3 is 2.17 bits per heavy atom. The Labute approximate surface area is 174 Å². The van der Waals surface area contributed by atoms with Gasteiger partial charge < -0.3 is 10.2 Å². The van der Waals surface area contributed by atoms with Crippen LogP contribution in [-0.4, -0.2) is 42.0 Å². The number of hydrogen-bond acceptors (Lipinski definition) is 2. The number of halogens is 4. The fourth-order valence-electron chi connectivity index (χ4n) is 3.50. The standard InChI is InChI=1S/C21H28ClF3N2O2/c1-13(2)19(26-18(28)12-14(3)21(23,24)25)20(29)27-10-8-16(9-11-27)15-4-6-17(22)7-5-15/h4-7,13-14,16,19H,8-12H2,1-3H3,(H,26,28). The van der Waals surface area contributed by atoms with Gasteiger partial charge in [-0.2, -0.15) is 13.2 Å². The van der Waals surface area contributed by atoms with Gasteiger partial charge in [0, 0.05) is 24.5 Å². The fraction of sp³-hybridized carbons (Fsp3) is 0.619. The number of carbonyl (C=O) groups is 2. The zero-order valence-electron chi connectivity index (χ0n) is 16.9. The van der Waals surface area contributed by atoms with Crippen molar-refractivity contribution in [2.24, 2.45) is 11.8 Å². The molecular weight excluding hydrogens is 405 g/mol. The van der Waals surface area contributed by atoms with Crippen LogP contribution in [0.15, 0.2) is 24.3 Å². The molecule has 1 heterocycles. The third-order valence-corrected chi connectivity index (χ3v) is 5.70. The molecule has 2 amide bonds. The number of nitrogens with zero attached hydrogens (tertiary/aromatic N) is 1. The lowest BCUT2D eigenvalue weighted by atomic mass is 9.89. The summed E-state index contributed by atoms with van der Waals surface area (Å²) >= 11 is 5.93. The summed E-state index contributed by atoms with van der Waals surface area (Å²) in [5.41, 5.74) is 1.18. The van der Waals surface area contributed by atoms with Gasteiger partial charge in [0.25, 0.3) is 0 Å². The molecule has 0 bridgehead atoms. The lowest BCUT2D eigenvalue weighted by molar-refractivity contribution is -0.174. The second kappa shape index (κ2) is 9.83. The van der Waals surface area contributed by atoms with Gasteiger partial charge in [-0.15, -0.1) is 0 Å². The minimum absolute atomic E-state index is 0.221. The molecule has 2 rings (SSSR count). The number of hydrogen-bond donors (Lipinski definition) is 1. The van der Waals surface area contributed by atoms with Gasteiger partial charge >= 0.3 is 6.18 Å². The number of rotatable bonds is 6. The van der Waals surface area contributed by atoms with Crippen LogP contribution in [0.2, 0.25) is 5.02 Å². The van der Waals surface area contributed by atoms with Crippen molar-refractivity contribution in [2.45, 2.75) is 58.2 Å². The van der Waals surface area contributed by atoms with E-state index >= 15 is 0 Å². The molecule has 0 radical (unpaired) electrons. The van der Waals surface area contributed by atoms with E-state index in [9.17, 15) is 22.8 Å². The number of likely N-dealkylation sites (tertiary alicyclic amines) is 1. The van der Waals surface area contributed by atoms with Gasteiger partial charge in [0.15, 0.2) is 0 Å². The van der Waals surface area contributed by atoms with Crippen LogP contribution < -0.4 is 5.32 Å². The maximum atomic E-state index is 12.9. The highest BCUT2D eigenvalue weighted by atomic mass is 35.5. The van der Waals surface area contributed by atoms with Crippen molar-refractivity contribution in [3.8, 4) is 0 Å². The van der Waals surface area contributed by atoms with Crippen molar-refractivity contribution in [3.05, 3.63) is 34.9 Å². The minimum Gasteiger partial charge on any atom is -0.344 e. The Hall–Kier alpha value is -1.76. The van der Waals surface area contributed by atoms with E-state index in [1.165, 1.54) is 5.56 Å². The molecule has 1 fully saturated rings. The van der Waals surface area contributed by atoms with E-state index in [1.807, 2.05) is 24.3 Å². The normalized spacial score (nSPS) is 17.9. The zero-order chi connectivity index (χ0) is 21.8. The summed E-state index contributed by atoms with van der Waals surface area (Å²) in [7, 11) is 0. The summed E-state index contributed by atoms with van der Waals surface area (Å²) in [5.74, 6) is -2.63. The second-order valence-corrected chi connectivity index (χ2v) is 8.52. The minimum atomic E-state index is -4.43. The number of nitrogens with one attached hydrogen (secondary N) is 1. The van der Waals surface area contributed by atoms with Crippen LogP contribution in [0.25, 0.3) is 0 Å². The molecule has 0 aromatic heterocycles. The van der Waals surface area contributed by atoms with Crippen molar-refractivity contribution < 1.29 is 22.8 Å². The maximum absolute atomic E-state index is 12.9. The Morgan fingerprint density at radius 1 is 1.14 bits per heavy atom. The number of amides is 2. The molecule has 0 aliphatic carbocycles. The number of carbonyl (C=O) groups excluding carboxylic acids is 2. The molecule has 1 aromatic carbocycles. The molecule has 29 heavy (non-hydrogen) atoms. The van der Waals surface area contributed by atoms with E-state index < -0.39 is 30.5 Å². The van der Waals surface area contributed by atoms with E-state index in [4.69, 9.17) is 11.6 Å². The van der Waals surface area contributed by atoms with Crippen LogP contribution in [0.3, 0.4) is 0 Å². The molecule has 1 aromatic rings. The molecule has 1 aliphatic heterocycles. The molecule has 0 saturated carbocycles. The molecule has 4 nitrogen and oxygen atoms in total. The van der Waals surface area contributed by atoms with Gasteiger partial charge in [0.1, 0.15) is 6.04 Å². The van der Waals surface area contributed by atoms with Crippen molar-refractivity contribution in [3.63, 3.8) is 0 Å². The van der Waals surface area contributed by atoms with Crippen LogP contribution >= 0.6 is 11.6 Å². The van der Waals surface area contributed by atoms with E-state index in [0.717, 1.165) is 19.8 Å². The Morgan fingerprint density at radius 2 is 1.69 bits per heavy atom. The summed E-state index contributed by atoms with van der Waals surface area (Å²) in [5, 5.41) is 3.20.